The first-order chi connectivity index (χ1) is 24.4. The van der Waals surface area contributed by atoms with Crippen LogP contribution >= 0.6 is 23.5 Å². The number of nitrogens with zero attached hydrogens (tertiary/aromatic N) is 2. The Morgan fingerprint density at radius 1 is 0.712 bits per heavy atom. The van der Waals surface area contributed by atoms with Crippen molar-refractivity contribution in [1.29, 1.82) is 0 Å². The van der Waals surface area contributed by atoms with Gasteiger partial charge in [-0.3, -0.25) is 9.59 Å². The van der Waals surface area contributed by atoms with Gasteiger partial charge in [-0.1, -0.05) is 72.4 Å². The summed E-state index contributed by atoms with van der Waals surface area (Å²) in [6, 6.07) is 10.3. The van der Waals surface area contributed by atoms with E-state index in [9.17, 15) is 35.9 Å². The zero-order valence-corrected chi connectivity index (χ0v) is 31.5. The van der Waals surface area contributed by atoms with Gasteiger partial charge in [0.1, 0.15) is 10.1 Å². The number of carbonyl (C=O) groups is 2. The number of anilines is 2. The SMILES string of the molecule is CCSc1nc2cc(C(F)(F)F)ccc2cc1NC(=O)CC(C)(C)C.CCSc1nc2cc(C(F)(F)F)ccc2cc1NC(=O)CCC1CCCC1. The third-order valence-electron chi connectivity index (χ3n) is 8.28. The molecule has 2 amide bonds. The molecule has 0 atom stereocenters. The summed E-state index contributed by atoms with van der Waals surface area (Å²) in [5.41, 5.74) is 0.0459. The van der Waals surface area contributed by atoms with Gasteiger partial charge in [-0.2, -0.15) is 26.3 Å². The average molecular weight is 767 g/mol. The number of halogens is 6. The standard InChI is InChI=1S/C20H23F3N2OS.C18H21F3N2OS/c1-2-27-19-17(24-18(26)10-7-13-5-3-4-6-13)11-14-8-9-15(20(21,22)23)12-16(14)25-19;1-5-25-16-14(22-15(24)10-17(2,3)4)8-11-6-7-12(18(19,20)21)9-13(11)23-16/h8-9,11-13H,2-7,10H2,1H3,(H,24,26);6-9H,5,10H2,1-4H3,(H,22,24). The van der Waals surface area contributed by atoms with Crippen LogP contribution in [0.5, 0.6) is 0 Å². The second kappa shape index (κ2) is 17.5. The van der Waals surface area contributed by atoms with Crippen molar-refractivity contribution in [2.75, 3.05) is 22.1 Å². The van der Waals surface area contributed by atoms with Crippen LogP contribution in [0.3, 0.4) is 0 Å². The molecule has 0 bridgehead atoms. The minimum Gasteiger partial charge on any atom is -0.324 e. The van der Waals surface area contributed by atoms with Crippen molar-refractivity contribution < 1.29 is 35.9 Å². The highest BCUT2D eigenvalue weighted by Crippen LogP contribution is 2.36. The van der Waals surface area contributed by atoms with Crippen LogP contribution in [-0.4, -0.2) is 33.3 Å². The normalized spacial score (nSPS) is 14.0. The van der Waals surface area contributed by atoms with Crippen LogP contribution in [0.2, 0.25) is 0 Å². The Labute approximate surface area is 308 Å². The Kier molecular flexibility index (Phi) is 13.9. The molecule has 282 valence electrons. The number of alkyl halides is 6. The lowest BCUT2D eigenvalue weighted by Crippen LogP contribution is -2.20. The molecule has 2 aromatic carbocycles. The zero-order chi connectivity index (χ0) is 38.3. The van der Waals surface area contributed by atoms with Crippen LogP contribution in [-0.2, 0) is 21.9 Å². The number of nitrogens with one attached hydrogen (secondary N) is 2. The number of amides is 2. The Balaban J connectivity index is 0.000000234. The monoisotopic (exact) mass is 766 g/mol. The predicted molar refractivity (Wildman–Crippen MR) is 199 cm³/mol. The van der Waals surface area contributed by atoms with Gasteiger partial charge in [0.2, 0.25) is 11.8 Å². The molecule has 4 aromatic rings. The van der Waals surface area contributed by atoms with Crippen LogP contribution < -0.4 is 10.6 Å². The van der Waals surface area contributed by atoms with Gasteiger partial charge in [-0.25, -0.2) is 9.97 Å². The molecule has 1 aliphatic carbocycles. The smallest absolute Gasteiger partial charge is 0.324 e. The van der Waals surface area contributed by atoms with Crippen molar-refractivity contribution in [1.82, 2.24) is 9.97 Å². The third-order valence-corrected chi connectivity index (χ3v) is 10.0. The van der Waals surface area contributed by atoms with Gasteiger partial charge >= 0.3 is 12.4 Å². The number of hydrogen-bond donors (Lipinski definition) is 2. The summed E-state index contributed by atoms with van der Waals surface area (Å²) in [5.74, 6) is 1.84. The molecule has 0 saturated heterocycles. The van der Waals surface area contributed by atoms with E-state index in [0.717, 1.165) is 30.7 Å². The molecule has 1 fully saturated rings. The Hall–Kier alpha value is -3.52. The molecule has 0 unspecified atom stereocenters. The first-order valence-corrected chi connectivity index (χ1v) is 19.2. The van der Waals surface area contributed by atoms with Crippen molar-refractivity contribution in [3.8, 4) is 0 Å². The maximum Gasteiger partial charge on any atom is 0.416 e. The lowest BCUT2D eigenvalue weighted by atomic mass is 9.92. The number of carbonyl (C=O) groups excluding carboxylic acids is 2. The molecule has 0 radical (unpaired) electrons. The van der Waals surface area contributed by atoms with Gasteiger partial charge in [0.25, 0.3) is 0 Å². The van der Waals surface area contributed by atoms with Crippen molar-refractivity contribution in [3.05, 3.63) is 59.7 Å². The molecule has 0 aliphatic heterocycles. The van der Waals surface area contributed by atoms with Crippen LogP contribution in [0.1, 0.15) is 90.7 Å². The largest absolute Gasteiger partial charge is 0.416 e. The van der Waals surface area contributed by atoms with Crippen LogP contribution in [0.15, 0.2) is 58.6 Å². The molecule has 1 aliphatic rings. The van der Waals surface area contributed by atoms with Gasteiger partial charge < -0.3 is 10.6 Å². The highest BCUT2D eigenvalue weighted by Gasteiger charge is 2.32. The summed E-state index contributed by atoms with van der Waals surface area (Å²) < 4.78 is 77.5. The Morgan fingerprint density at radius 3 is 1.56 bits per heavy atom. The summed E-state index contributed by atoms with van der Waals surface area (Å²) in [6.07, 6.45) is -2.23. The highest BCUT2D eigenvalue weighted by molar-refractivity contribution is 7.99. The van der Waals surface area contributed by atoms with E-state index < -0.39 is 23.5 Å². The Bertz CT molecular complexity index is 1870. The maximum absolute atomic E-state index is 12.9. The van der Waals surface area contributed by atoms with Crippen molar-refractivity contribution in [2.24, 2.45) is 11.3 Å². The van der Waals surface area contributed by atoms with Crippen molar-refractivity contribution in [3.63, 3.8) is 0 Å². The summed E-state index contributed by atoms with van der Waals surface area (Å²) in [4.78, 5) is 33.3. The molecule has 14 heteroatoms. The second-order valence-electron chi connectivity index (χ2n) is 13.9. The molecule has 2 heterocycles. The number of pyridine rings is 2. The van der Waals surface area contributed by atoms with Gasteiger partial charge in [0.15, 0.2) is 0 Å². The number of thioether (sulfide) groups is 2. The molecule has 52 heavy (non-hydrogen) atoms. The third kappa shape index (κ3) is 12.0. The quantitative estimate of drug-likeness (QED) is 0.124. The second-order valence-corrected chi connectivity index (χ2v) is 16.4. The molecule has 2 N–H and O–H groups in total. The van der Waals surface area contributed by atoms with Gasteiger partial charge in [0, 0.05) is 23.6 Å². The zero-order valence-electron chi connectivity index (χ0n) is 29.9. The maximum atomic E-state index is 12.9. The van der Waals surface area contributed by atoms with Gasteiger partial charge in [-0.05, 0) is 65.7 Å². The summed E-state index contributed by atoms with van der Waals surface area (Å²) in [7, 11) is 0. The molecule has 6 nitrogen and oxygen atoms in total. The van der Waals surface area contributed by atoms with Gasteiger partial charge in [-0.15, -0.1) is 23.5 Å². The number of fused-ring (bicyclic) bond motifs is 2. The number of aromatic nitrogens is 2. The first kappa shape index (κ1) is 41.2. The molecular weight excluding hydrogens is 723 g/mol. The number of benzene rings is 2. The summed E-state index contributed by atoms with van der Waals surface area (Å²) >= 11 is 2.79. The molecule has 2 aromatic heterocycles. The Morgan fingerprint density at radius 2 is 1.15 bits per heavy atom. The van der Waals surface area contributed by atoms with Crippen LogP contribution in [0.4, 0.5) is 37.7 Å². The average Bonchev–Trinajstić information content (AvgIpc) is 3.57. The van der Waals surface area contributed by atoms with Gasteiger partial charge in [0.05, 0.1) is 33.5 Å². The van der Waals surface area contributed by atoms with Crippen LogP contribution in [0, 0.1) is 11.3 Å². The molecule has 5 rings (SSSR count). The minimum absolute atomic E-state index is 0.0621. The fourth-order valence-electron chi connectivity index (χ4n) is 5.85. The van der Waals surface area contributed by atoms with E-state index in [0.29, 0.717) is 62.5 Å². The topological polar surface area (TPSA) is 84.0 Å². The highest BCUT2D eigenvalue weighted by atomic mass is 32.2. The van der Waals surface area contributed by atoms with E-state index in [1.165, 1.54) is 61.3 Å². The van der Waals surface area contributed by atoms with E-state index in [1.54, 1.807) is 12.1 Å². The van der Waals surface area contributed by atoms with Crippen LogP contribution in [0.25, 0.3) is 21.8 Å². The number of hydrogen-bond acceptors (Lipinski definition) is 6. The fraction of sp³-hybridized carbons (Fsp3) is 0.474. The fourth-order valence-corrected chi connectivity index (χ4v) is 7.25. The molecule has 1 saturated carbocycles. The first-order valence-electron chi connectivity index (χ1n) is 17.3. The summed E-state index contributed by atoms with van der Waals surface area (Å²) in [5, 5.41) is 7.97. The van der Waals surface area contributed by atoms with Crippen molar-refractivity contribution in [2.45, 2.75) is 102 Å². The van der Waals surface area contributed by atoms with E-state index in [2.05, 4.69) is 20.6 Å². The lowest BCUT2D eigenvalue weighted by molar-refractivity contribution is -0.138. The van der Waals surface area contributed by atoms with E-state index >= 15 is 0 Å². The molecule has 0 spiro atoms. The van der Waals surface area contributed by atoms with E-state index in [-0.39, 0.29) is 28.3 Å². The predicted octanol–water partition coefficient (Wildman–Crippen LogP) is 12.0. The van der Waals surface area contributed by atoms with Crippen molar-refractivity contribution >= 4 is 68.5 Å². The van der Waals surface area contributed by atoms with E-state index in [1.807, 2.05) is 34.6 Å². The summed E-state index contributed by atoms with van der Waals surface area (Å²) in [6.45, 7) is 9.75. The lowest BCUT2D eigenvalue weighted by Gasteiger charge is -2.18. The minimum atomic E-state index is -4.41. The van der Waals surface area contributed by atoms with E-state index in [4.69, 9.17) is 0 Å². The molecular formula is C38H44F6N4O2S2. The number of rotatable bonds is 10.